The fourth-order valence-electron chi connectivity index (χ4n) is 0.482. The molecule has 1 unspecified atom stereocenters. The summed E-state index contributed by atoms with van der Waals surface area (Å²) in [5, 5.41) is 8.69. The number of thiol groups is 1. The van der Waals surface area contributed by atoms with E-state index < -0.39 is 5.44 Å². The second-order valence-corrected chi connectivity index (χ2v) is 2.40. The van der Waals surface area contributed by atoms with Crippen LogP contribution in [0, 0.1) is 0 Å². The van der Waals surface area contributed by atoms with Gasteiger partial charge in [0.15, 0.2) is 0 Å². The van der Waals surface area contributed by atoms with Gasteiger partial charge >= 0.3 is 0 Å². The van der Waals surface area contributed by atoms with E-state index in [1.807, 2.05) is 6.92 Å². The van der Waals surface area contributed by atoms with Gasteiger partial charge in [0.25, 0.3) is 0 Å². The summed E-state index contributed by atoms with van der Waals surface area (Å²) in [5.41, 5.74) is 4.74. The maximum absolute atomic E-state index is 8.69. The Morgan fingerprint density at radius 1 is 1.75 bits per heavy atom. The highest BCUT2D eigenvalue weighted by Gasteiger charge is 2.06. The lowest BCUT2D eigenvalue weighted by molar-refractivity contribution is 0.227. The number of rotatable bonds is 3. The summed E-state index contributed by atoms with van der Waals surface area (Å²) < 4.78 is 0. The van der Waals surface area contributed by atoms with Crippen molar-refractivity contribution in [1.82, 2.24) is 0 Å². The van der Waals surface area contributed by atoms with Crippen LogP contribution < -0.4 is 5.73 Å². The molecule has 0 amide bonds. The summed E-state index contributed by atoms with van der Waals surface area (Å²) in [7, 11) is 0. The first kappa shape index (κ1) is 8.27. The van der Waals surface area contributed by atoms with Crippen LogP contribution in [0.15, 0.2) is 0 Å². The molecule has 2 atom stereocenters. The van der Waals surface area contributed by atoms with Crippen LogP contribution in [-0.2, 0) is 0 Å². The highest BCUT2D eigenvalue weighted by Crippen LogP contribution is 2.01. The van der Waals surface area contributed by atoms with Gasteiger partial charge in [0.05, 0.1) is 0 Å². The minimum atomic E-state index is -0.657. The van der Waals surface area contributed by atoms with Crippen molar-refractivity contribution in [2.45, 2.75) is 31.2 Å². The molecular weight excluding hydrogens is 122 g/mol. The van der Waals surface area contributed by atoms with Crippen molar-refractivity contribution in [3.8, 4) is 0 Å². The first-order chi connectivity index (χ1) is 3.68. The predicted molar refractivity (Wildman–Crippen MR) is 37.9 cm³/mol. The number of nitrogens with two attached hydrogens (primary N) is 1. The van der Waals surface area contributed by atoms with Gasteiger partial charge in [-0.15, -0.1) is 12.6 Å². The first-order valence-electron chi connectivity index (χ1n) is 2.80. The maximum atomic E-state index is 8.69. The molecule has 50 valence electrons. The van der Waals surface area contributed by atoms with Crippen LogP contribution in [0.3, 0.4) is 0 Å². The fourth-order valence-corrected chi connectivity index (χ4v) is 0.631. The van der Waals surface area contributed by atoms with Crippen LogP contribution >= 0.6 is 12.6 Å². The van der Waals surface area contributed by atoms with E-state index >= 15 is 0 Å². The molecule has 8 heavy (non-hydrogen) atoms. The van der Waals surface area contributed by atoms with E-state index in [1.54, 1.807) is 0 Å². The molecule has 0 spiro atoms. The Labute approximate surface area is 55.5 Å². The Morgan fingerprint density at radius 2 is 2.25 bits per heavy atom. The molecule has 0 rings (SSSR count). The second kappa shape index (κ2) is 4.18. The van der Waals surface area contributed by atoms with Gasteiger partial charge < -0.3 is 10.8 Å². The van der Waals surface area contributed by atoms with Crippen LogP contribution in [0.25, 0.3) is 0 Å². The third-order valence-corrected chi connectivity index (χ3v) is 1.39. The molecule has 0 aliphatic carbocycles. The monoisotopic (exact) mass is 135 g/mol. The number of aliphatic hydroxyl groups is 1. The molecule has 0 fully saturated rings. The third-order valence-electron chi connectivity index (χ3n) is 1.00. The number of hydrogen-bond acceptors (Lipinski definition) is 3. The third kappa shape index (κ3) is 3.29. The van der Waals surface area contributed by atoms with E-state index in [9.17, 15) is 0 Å². The normalized spacial score (nSPS) is 18.0. The van der Waals surface area contributed by atoms with Gasteiger partial charge in [-0.25, -0.2) is 0 Å². The average molecular weight is 135 g/mol. The van der Waals surface area contributed by atoms with Gasteiger partial charge in [0.1, 0.15) is 5.44 Å². The standard InChI is InChI=1S/C5H13NOS/c1-2-3-4(6)5(7)8/h4-5,7-8H,2-3,6H2,1H3/t4-,5?/m0/s1. The Morgan fingerprint density at radius 3 is 2.38 bits per heavy atom. The van der Waals surface area contributed by atoms with Crippen molar-refractivity contribution in [2.24, 2.45) is 5.73 Å². The molecule has 3 N–H and O–H groups in total. The van der Waals surface area contributed by atoms with Crippen molar-refractivity contribution >= 4 is 12.6 Å². The molecule has 0 saturated heterocycles. The van der Waals surface area contributed by atoms with Gasteiger partial charge in [-0.3, -0.25) is 0 Å². The predicted octanol–water partition coefficient (Wildman–Crippen LogP) is 0.362. The topological polar surface area (TPSA) is 46.2 Å². The summed E-state index contributed by atoms with van der Waals surface area (Å²) >= 11 is 3.76. The fraction of sp³-hybridized carbons (Fsp3) is 1.00. The molecule has 0 aromatic rings. The molecule has 0 aliphatic rings. The smallest absolute Gasteiger partial charge is 0.112 e. The minimum absolute atomic E-state index is 0.164. The maximum Gasteiger partial charge on any atom is 0.112 e. The van der Waals surface area contributed by atoms with Crippen LogP contribution in [0.5, 0.6) is 0 Å². The summed E-state index contributed by atoms with van der Waals surface area (Å²) in [4.78, 5) is 0. The van der Waals surface area contributed by atoms with Crippen molar-refractivity contribution < 1.29 is 5.11 Å². The van der Waals surface area contributed by atoms with E-state index in [0.717, 1.165) is 12.8 Å². The SMILES string of the molecule is CCC[C@H](N)C(O)S. The van der Waals surface area contributed by atoms with Crippen LogP contribution in [0.4, 0.5) is 0 Å². The summed E-state index contributed by atoms with van der Waals surface area (Å²) in [6.07, 6.45) is 1.84. The lowest BCUT2D eigenvalue weighted by Gasteiger charge is -2.11. The van der Waals surface area contributed by atoms with Crippen molar-refractivity contribution in [3.05, 3.63) is 0 Å². The summed E-state index contributed by atoms with van der Waals surface area (Å²) in [6.45, 7) is 2.02. The zero-order valence-corrected chi connectivity index (χ0v) is 5.94. The van der Waals surface area contributed by atoms with Crippen LogP contribution in [-0.4, -0.2) is 16.6 Å². The first-order valence-corrected chi connectivity index (χ1v) is 3.31. The van der Waals surface area contributed by atoms with Crippen molar-refractivity contribution in [2.75, 3.05) is 0 Å². The Bertz CT molecular complexity index is 58.4. The minimum Gasteiger partial charge on any atom is -0.381 e. The van der Waals surface area contributed by atoms with Crippen molar-refractivity contribution in [1.29, 1.82) is 0 Å². The molecule has 0 bridgehead atoms. The molecule has 0 aromatic heterocycles. The summed E-state index contributed by atoms with van der Waals surface area (Å²) in [5.74, 6) is 0. The average Bonchev–Trinajstić information content (AvgIpc) is 1.67. The lowest BCUT2D eigenvalue weighted by Crippen LogP contribution is -2.30. The van der Waals surface area contributed by atoms with E-state index in [4.69, 9.17) is 10.8 Å². The van der Waals surface area contributed by atoms with Gasteiger partial charge in [-0.05, 0) is 6.42 Å². The Kier molecular flexibility index (Phi) is 4.32. The van der Waals surface area contributed by atoms with Gasteiger partial charge in [0.2, 0.25) is 0 Å². The zero-order valence-electron chi connectivity index (χ0n) is 5.04. The van der Waals surface area contributed by atoms with E-state index in [2.05, 4.69) is 12.6 Å². The Balaban J connectivity index is 3.17. The highest BCUT2D eigenvalue weighted by atomic mass is 32.1. The molecule has 3 heteroatoms. The second-order valence-electron chi connectivity index (χ2n) is 1.87. The number of hydrogen-bond donors (Lipinski definition) is 3. The van der Waals surface area contributed by atoms with Gasteiger partial charge in [-0.1, -0.05) is 13.3 Å². The quantitative estimate of drug-likeness (QED) is 0.386. The van der Waals surface area contributed by atoms with Crippen LogP contribution in [0.2, 0.25) is 0 Å². The molecule has 0 heterocycles. The van der Waals surface area contributed by atoms with Crippen molar-refractivity contribution in [3.63, 3.8) is 0 Å². The molecule has 0 aliphatic heterocycles. The van der Waals surface area contributed by atoms with Gasteiger partial charge in [0, 0.05) is 6.04 Å². The number of aliphatic hydroxyl groups excluding tert-OH is 1. The zero-order chi connectivity index (χ0) is 6.57. The molecule has 2 nitrogen and oxygen atoms in total. The lowest BCUT2D eigenvalue weighted by atomic mass is 10.2. The van der Waals surface area contributed by atoms with E-state index in [-0.39, 0.29) is 6.04 Å². The molecular formula is C5H13NOS. The molecule has 0 saturated carbocycles. The largest absolute Gasteiger partial charge is 0.381 e. The van der Waals surface area contributed by atoms with Crippen LogP contribution in [0.1, 0.15) is 19.8 Å². The van der Waals surface area contributed by atoms with E-state index in [1.165, 1.54) is 0 Å². The molecule has 0 aromatic carbocycles. The van der Waals surface area contributed by atoms with Gasteiger partial charge in [-0.2, -0.15) is 0 Å². The Hall–Kier alpha value is 0.270. The van der Waals surface area contributed by atoms with E-state index in [0.29, 0.717) is 0 Å². The highest BCUT2D eigenvalue weighted by molar-refractivity contribution is 7.80. The summed E-state index contributed by atoms with van der Waals surface area (Å²) in [6, 6.07) is -0.164. The molecule has 0 radical (unpaired) electrons.